The van der Waals surface area contributed by atoms with Crippen LogP contribution in [0.15, 0.2) is 53.1 Å². The first-order valence-corrected chi connectivity index (χ1v) is 9.70. The zero-order valence-electron chi connectivity index (χ0n) is 14.9. The van der Waals surface area contributed by atoms with Crippen LogP contribution in [0.3, 0.4) is 0 Å². The van der Waals surface area contributed by atoms with Gasteiger partial charge in [0.15, 0.2) is 11.6 Å². The molecule has 0 aliphatic heterocycles. The van der Waals surface area contributed by atoms with Crippen LogP contribution >= 0.6 is 11.8 Å². The molecule has 1 fully saturated rings. The molecule has 0 radical (unpaired) electrons. The van der Waals surface area contributed by atoms with Gasteiger partial charge in [0.1, 0.15) is 5.82 Å². The van der Waals surface area contributed by atoms with E-state index in [4.69, 9.17) is 4.84 Å². The number of carbonyl (C=O) groups is 2. The average Bonchev–Trinajstić information content (AvgIpc) is 2.60. The van der Waals surface area contributed by atoms with Gasteiger partial charge < -0.3 is 0 Å². The Morgan fingerprint density at radius 3 is 2.73 bits per heavy atom. The van der Waals surface area contributed by atoms with Crippen LogP contribution < -0.4 is 5.48 Å². The quantitative estimate of drug-likeness (QED) is 0.174. The van der Waals surface area contributed by atoms with Crippen LogP contribution in [0.4, 0.5) is 4.39 Å². The smallest absolute Gasteiger partial charge is 0.168 e. The highest BCUT2D eigenvalue weighted by Gasteiger charge is 2.32. The predicted octanol–water partition coefficient (Wildman–Crippen LogP) is 4.23. The molecule has 2 rings (SSSR count). The molecule has 0 bridgehead atoms. The first kappa shape index (κ1) is 20.4. The standard InChI is InChI=1S/C20H24FNO3S/c1-3-9-25-22-17(4-2)20-18(23)11-14(12-19(20)24)8-10-26-16-7-5-6-15(21)13-16/h3,5-7,13-14,22H,1,4,8-12H2,2H3. The number of Topliss-reactive ketones (excluding diaryl/α,β-unsaturated/α-hetero) is 2. The minimum Gasteiger partial charge on any atom is -0.294 e. The third-order valence-corrected chi connectivity index (χ3v) is 5.18. The Balaban J connectivity index is 1.91. The first-order chi connectivity index (χ1) is 12.5. The average molecular weight is 377 g/mol. The van der Waals surface area contributed by atoms with Gasteiger partial charge >= 0.3 is 0 Å². The number of benzene rings is 1. The molecule has 4 nitrogen and oxygen atoms in total. The van der Waals surface area contributed by atoms with E-state index in [9.17, 15) is 14.0 Å². The fourth-order valence-corrected chi connectivity index (χ4v) is 3.94. The van der Waals surface area contributed by atoms with Crippen molar-refractivity contribution in [3.8, 4) is 0 Å². The van der Waals surface area contributed by atoms with E-state index < -0.39 is 0 Å². The van der Waals surface area contributed by atoms with E-state index in [0.717, 1.165) is 17.1 Å². The van der Waals surface area contributed by atoms with E-state index in [2.05, 4.69) is 12.1 Å². The summed E-state index contributed by atoms with van der Waals surface area (Å²) < 4.78 is 13.2. The van der Waals surface area contributed by atoms with Crippen molar-refractivity contribution in [1.29, 1.82) is 0 Å². The molecule has 140 valence electrons. The summed E-state index contributed by atoms with van der Waals surface area (Å²) in [6.45, 7) is 5.71. The maximum Gasteiger partial charge on any atom is 0.168 e. The van der Waals surface area contributed by atoms with Crippen LogP contribution in [0.2, 0.25) is 0 Å². The van der Waals surface area contributed by atoms with Gasteiger partial charge in [-0.05, 0) is 42.7 Å². The van der Waals surface area contributed by atoms with Crippen LogP contribution in [0.25, 0.3) is 0 Å². The molecule has 1 aromatic rings. The highest BCUT2D eigenvalue weighted by atomic mass is 32.2. The minimum absolute atomic E-state index is 0.0343. The molecule has 1 saturated carbocycles. The lowest BCUT2D eigenvalue weighted by atomic mass is 9.81. The Morgan fingerprint density at radius 2 is 2.12 bits per heavy atom. The Bertz CT molecular complexity index is 682. The number of hydrogen-bond acceptors (Lipinski definition) is 5. The van der Waals surface area contributed by atoms with E-state index >= 15 is 0 Å². The second-order valence-electron chi connectivity index (χ2n) is 6.12. The number of ketones is 2. The highest BCUT2D eigenvalue weighted by Crippen LogP contribution is 2.30. The van der Waals surface area contributed by atoms with Gasteiger partial charge in [-0.2, -0.15) is 0 Å². The maximum atomic E-state index is 13.2. The van der Waals surface area contributed by atoms with Gasteiger partial charge in [-0.3, -0.25) is 19.9 Å². The van der Waals surface area contributed by atoms with Gasteiger partial charge in [0.2, 0.25) is 0 Å². The van der Waals surface area contributed by atoms with E-state index in [0.29, 0.717) is 31.6 Å². The largest absolute Gasteiger partial charge is 0.294 e. The summed E-state index contributed by atoms with van der Waals surface area (Å²) in [5.74, 6) is 0.259. The normalized spacial score (nSPS) is 17.3. The molecule has 1 aliphatic rings. The van der Waals surface area contributed by atoms with Crippen molar-refractivity contribution >= 4 is 23.3 Å². The fraction of sp³-hybridized carbons (Fsp3) is 0.400. The monoisotopic (exact) mass is 377 g/mol. The summed E-state index contributed by atoms with van der Waals surface area (Å²) in [4.78, 5) is 31.0. The third kappa shape index (κ3) is 5.81. The van der Waals surface area contributed by atoms with Crippen LogP contribution in [0, 0.1) is 11.7 Å². The van der Waals surface area contributed by atoms with Gasteiger partial charge in [0.25, 0.3) is 0 Å². The molecule has 0 heterocycles. The Kier molecular flexibility index (Phi) is 8.06. The molecule has 1 aliphatic carbocycles. The molecule has 1 N–H and O–H groups in total. The lowest BCUT2D eigenvalue weighted by molar-refractivity contribution is -0.125. The van der Waals surface area contributed by atoms with E-state index in [1.807, 2.05) is 13.0 Å². The molecular weight excluding hydrogens is 353 g/mol. The van der Waals surface area contributed by atoms with Gasteiger partial charge in [0.05, 0.1) is 17.9 Å². The fourth-order valence-electron chi connectivity index (χ4n) is 2.88. The van der Waals surface area contributed by atoms with Crippen LogP contribution in [0.5, 0.6) is 0 Å². The second-order valence-corrected chi connectivity index (χ2v) is 7.29. The molecule has 0 spiro atoms. The topological polar surface area (TPSA) is 55.4 Å². The summed E-state index contributed by atoms with van der Waals surface area (Å²) >= 11 is 1.54. The number of nitrogens with one attached hydrogen (secondary N) is 1. The van der Waals surface area contributed by atoms with Gasteiger partial charge in [0, 0.05) is 17.7 Å². The molecule has 0 unspecified atom stereocenters. The number of allylic oxidation sites excluding steroid dienone is 2. The van der Waals surface area contributed by atoms with Crippen molar-refractivity contribution in [3.63, 3.8) is 0 Å². The Morgan fingerprint density at radius 1 is 1.38 bits per heavy atom. The number of carbonyl (C=O) groups excluding carboxylic acids is 2. The van der Waals surface area contributed by atoms with Crippen molar-refractivity contribution in [2.75, 3.05) is 12.4 Å². The number of hydroxylamine groups is 1. The summed E-state index contributed by atoms with van der Waals surface area (Å²) in [6.07, 6.45) is 3.56. The molecule has 0 aromatic heterocycles. The van der Waals surface area contributed by atoms with Gasteiger partial charge in [-0.25, -0.2) is 4.39 Å². The SMILES string of the molecule is C=CCONC(CC)=C1C(=O)CC(CCSc2cccc(F)c2)CC1=O. The van der Waals surface area contributed by atoms with Crippen molar-refractivity contribution in [3.05, 3.63) is 54.0 Å². The number of halogens is 1. The van der Waals surface area contributed by atoms with Crippen molar-refractivity contribution in [2.45, 2.75) is 37.5 Å². The summed E-state index contributed by atoms with van der Waals surface area (Å²) in [5, 5.41) is 0. The molecule has 26 heavy (non-hydrogen) atoms. The third-order valence-electron chi connectivity index (χ3n) is 4.15. The lowest BCUT2D eigenvalue weighted by Gasteiger charge is -2.24. The zero-order chi connectivity index (χ0) is 18.9. The maximum absolute atomic E-state index is 13.2. The number of thioether (sulfide) groups is 1. The van der Waals surface area contributed by atoms with Crippen molar-refractivity contribution in [1.82, 2.24) is 5.48 Å². The van der Waals surface area contributed by atoms with Gasteiger partial charge in [-0.1, -0.05) is 19.1 Å². The van der Waals surface area contributed by atoms with Crippen molar-refractivity contribution in [2.24, 2.45) is 5.92 Å². The highest BCUT2D eigenvalue weighted by molar-refractivity contribution is 7.99. The van der Waals surface area contributed by atoms with E-state index in [-0.39, 0.29) is 28.9 Å². The lowest BCUT2D eigenvalue weighted by Crippen LogP contribution is -2.30. The van der Waals surface area contributed by atoms with Crippen LogP contribution in [-0.2, 0) is 14.4 Å². The summed E-state index contributed by atoms with van der Waals surface area (Å²) in [7, 11) is 0. The molecule has 6 heteroatoms. The Labute approximate surface area is 157 Å². The molecule has 0 amide bonds. The van der Waals surface area contributed by atoms with Gasteiger partial charge in [-0.15, -0.1) is 18.3 Å². The summed E-state index contributed by atoms with van der Waals surface area (Å²) in [5.41, 5.74) is 3.49. The van der Waals surface area contributed by atoms with Crippen LogP contribution in [-0.4, -0.2) is 23.9 Å². The van der Waals surface area contributed by atoms with Crippen LogP contribution in [0.1, 0.15) is 32.6 Å². The number of rotatable bonds is 9. The second kappa shape index (κ2) is 10.3. The first-order valence-electron chi connectivity index (χ1n) is 8.71. The van der Waals surface area contributed by atoms with E-state index in [1.54, 1.807) is 12.1 Å². The van der Waals surface area contributed by atoms with E-state index in [1.165, 1.54) is 23.9 Å². The molecule has 0 atom stereocenters. The molecule has 0 saturated heterocycles. The Hall–Kier alpha value is -1.92. The predicted molar refractivity (Wildman–Crippen MR) is 101 cm³/mol. The minimum atomic E-state index is -0.258. The summed E-state index contributed by atoms with van der Waals surface area (Å²) in [6, 6.07) is 6.43. The van der Waals surface area contributed by atoms with Crippen molar-refractivity contribution < 1.29 is 18.8 Å². The molecular formula is C20H24FNO3S. The molecule has 1 aromatic carbocycles. The zero-order valence-corrected chi connectivity index (χ0v) is 15.7. The number of hydrogen-bond donors (Lipinski definition) is 1.